The summed E-state index contributed by atoms with van der Waals surface area (Å²) in [5.74, 6) is -0.982. The molecule has 0 bridgehead atoms. The van der Waals surface area contributed by atoms with Crippen molar-refractivity contribution in [3.8, 4) is 0 Å². The molecule has 0 heterocycles. The third-order valence-electron chi connectivity index (χ3n) is 3.90. The van der Waals surface area contributed by atoms with Gasteiger partial charge in [0.25, 0.3) is 10.0 Å². The third-order valence-corrected chi connectivity index (χ3v) is 6.42. The zero-order valence-electron chi connectivity index (χ0n) is 14.4. The highest BCUT2D eigenvalue weighted by atomic mass is 35.5. The van der Waals surface area contributed by atoms with Crippen LogP contribution in [0.25, 0.3) is 0 Å². The summed E-state index contributed by atoms with van der Waals surface area (Å²) in [7, 11) is -4.03. The van der Waals surface area contributed by atoms with Gasteiger partial charge >= 0.3 is 5.97 Å². The molecule has 0 aliphatic heterocycles. The van der Waals surface area contributed by atoms with Crippen LogP contribution in [-0.4, -0.2) is 26.0 Å². The topological polar surface area (TPSA) is 74.7 Å². The maximum absolute atomic E-state index is 13.3. The quantitative estimate of drug-likeness (QED) is 0.712. The Balaban J connectivity index is 2.59. The molecule has 0 amide bonds. The molecule has 0 atom stereocenters. The second kappa shape index (κ2) is 8.29. The average Bonchev–Trinajstić information content (AvgIpc) is 2.55. The van der Waals surface area contributed by atoms with Crippen molar-refractivity contribution in [2.45, 2.75) is 31.6 Å². The molecule has 2 rings (SSSR count). The van der Waals surface area contributed by atoms with Crippen molar-refractivity contribution >= 4 is 44.9 Å². The molecular weight excluding hydrogens is 397 g/mol. The van der Waals surface area contributed by atoms with E-state index in [0.717, 1.165) is 11.1 Å². The Bertz CT molecular complexity index is 909. The van der Waals surface area contributed by atoms with Gasteiger partial charge in [0.15, 0.2) is 0 Å². The highest BCUT2D eigenvalue weighted by Gasteiger charge is 2.29. The second-order valence-corrected chi connectivity index (χ2v) is 8.56. The van der Waals surface area contributed by atoms with Gasteiger partial charge in [-0.2, -0.15) is 0 Å². The van der Waals surface area contributed by atoms with Crippen molar-refractivity contribution in [1.29, 1.82) is 0 Å². The van der Waals surface area contributed by atoms with Crippen molar-refractivity contribution in [3.05, 3.63) is 57.6 Å². The lowest BCUT2D eigenvalue weighted by Crippen LogP contribution is -2.33. The van der Waals surface area contributed by atoms with Crippen LogP contribution < -0.4 is 4.31 Å². The summed E-state index contributed by atoms with van der Waals surface area (Å²) in [6.45, 7) is 3.63. The van der Waals surface area contributed by atoms with Crippen LogP contribution in [0.4, 0.5) is 5.69 Å². The molecule has 0 spiro atoms. The van der Waals surface area contributed by atoms with Crippen LogP contribution in [0.15, 0.2) is 41.3 Å². The Labute approximate surface area is 163 Å². The summed E-state index contributed by atoms with van der Waals surface area (Å²) in [6.07, 6.45) is 0.0285. The van der Waals surface area contributed by atoms with E-state index in [0.29, 0.717) is 5.69 Å². The number of nitrogens with zero attached hydrogens (tertiary/aromatic N) is 1. The van der Waals surface area contributed by atoms with Gasteiger partial charge in [0.1, 0.15) is 4.90 Å². The van der Waals surface area contributed by atoms with Gasteiger partial charge in [0.2, 0.25) is 0 Å². The molecule has 2 aromatic carbocycles. The van der Waals surface area contributed by atoms with Crippen molar-refractivity contribution in [2.75, 3.05) is 10.8 Å². The first-order chi connectivity index (χ1) is 12.1. The number of carboxylic acids is 1. The summed E-state index contributed by atoms with van der Waals surface area (Å²) in [4.78, 5) is 10.8. The molecule has 1 N–H and O–H groups in total. The zero-order chi connectivity index (χ0) is 19.5. The molecule has 0 saturated carbocycles. The Morgan fingerprint density at radius 1 is 1.12 bits per heavy atom. The van der Waals surface area contributed by atoms with Gasteiger partial charge in [-0.3, -0.25) is 9.10 Å². The minimum Gasteiger partial charge on any atom is -0.481 e. The molecule has 140 valence electrons. The van der Waals surface area contributed by atoms with Crippen LogP contribution in [0.5, 0.6) is 0 Å². The average molecular weight is 416 g/mol. The fraction of sp³-hybridized carbons (Fsp3) is 0.278. The summed E-state index contributed by atoms with van der Waals surface area (Å²) in [5.41, 5.74) is 2.05. The van der Waals surface area contributed by atoms with E-state index < -0.39 is 16.0 Å². The molecule has 0 fully saturated rings. The molecular formula is C18H19Cl2NO4S. The molecule has 2 aromatic rings. The Morgan fingerprint density at radius 2 is 1.73 bits per heavy atom. The first-order valence-electron chi connectivity index (χ1n) is 7.90. The summed E-state index contributed by atoms with van der Waals surface area (Å²) in [5, 5.41) is 9.21. The van der Waals surface area contributed by atoms with Crippen LogP contribution >= 0.6 is 23.2 Å². The van der Waals surface area contributed by atoms with E-state index in [1.165, 1.54) is 22.5 Å². The van der Waals surface area contributed by atoms with Crippen LogP contribution in [0.1, 0.15) is 24.0 Å². The molecule has 26 heavy (non-hydrogen) atoms. The van der Waals surface area contributed by atoms with Gasteiger partial charge in [-0.05, 0) is 49.6 Å². The predicted octanol–water partition coefficient (Wildman–Crippen LogP) is 4.67. The number of aliphatic carboxylic acids is 1. The van der Waals surface area contributed by atoms with Gasteiger partial charge in [0, 0.05) is 18.0 Å². The van der Waals surface area contributed by atoms with Crippen LogP contribution in [0, 0.1) is 13.8 Å². The first-order valence-corrected chi connectivity index (χ1v) is 10.1. The second-order valence-electron chi connectivity index (χ2n) is 5.89. The number of halogens is 2. The fourth-order valence-electron chi connectivity index (χ4n) is 2.72. The molecule has 0 aliphatic carbocycles. The number of rotatable bonds is 7. The fourth-order valence-corrected chi connectivity index (χ4v) is 5.09. The lowest BCUT2D eigenvalue weighted by Gasteiger charge is -2.28. The molecule has 0 aliphatic rings. The standard InChI is InChI=1S/C18H19Cl2NO4S/c1-12-5-3-6-13(2)18(12)21(10-4-7-17(22)23)26(24,25)16-11-14(19)8-9-15(16)20/h3,5-6,8-9,11H,4,7,10H2,1-2H3,(H,22,23). The number of anilines is 1. The molecule has 0 unspecified atom stereocenters. The van der Waals surface area contributed by atoms with E-state index in [1.54, 1.807) is 0 Å². The molecule has 0 radical (unpaired) electrons. The van der Waals surface area contributed by atoms with E-state index >= 15 is 0 Å². The third kappa shape index (κ3) is 4.50. The highest BCUT2D eigenvalue weighted by Crippen LogP contribution is 2.34. The summed E-state index contributed by atoms with van der Waals surface area (Å²) in [6, 6.07) is 9.69. The zero-order valence-corrected chi connectivity index (χ0v) is 16.7. The van der Waals surface area contributed by atoms with Gasteiger partial charge < -0.3 is 5.11 Å². The molecule has 0 aromatic heterocycles. The van der Waals surface area contributed by atoms with Gasteiger partial charge in [-0.25, -0.2) is 8.42 Å². The maximum atomic E-state index is 13.3. The van der Waals surface area contributed by atoms with E-state index in [9.17, 15) is 13.2 Å². The maximum Gasteiger partial charge on any atom is 0.303 e. The number of aryl methyl sites for hydroxylation is 2. The van der Waals surface area contributed by atoms with E-state index in [4.69, 9.17) is 28.3 Å². The Morgan fingerprint density at radius 3 is 2.31 bits per heavy atom. The minimum atomic E-state index is -4.03. The normalized spacial score (nSPS) is 11.4. The van der Waals surface area contributed by atoms with Gasteiger partial charge in [-0.1, -0.05) is 41.4 Å². The number of carboxylic acid groups (broad SMARTS) is 1. The first kappa shape index (κ1) is 20.6. The molecule has 8 heteroatoms. The highest BCUT2D eigenvalue weighted by molar-refractivity contribution is 7.93. The van der Waals surface area contributed by atoms with Crippen LogP contribution in [-0.2, 0) is 14.8 Å². The number of carbonyl (C=O) groups is 1. The monoisotopic (exact) mass is 415 g/mol. The SMILES string of the molecule is Cc1cccc(C)c1N(CCCC(=O)O)S(=O)(=O)c1cc(Cl)ccc1Cl. The van der Waals surface area contributed by atoms with Crippen LogP contribution in [0.3, 0.4) is 0 Å². The van der Waals surface area contributed by atoms with E-state index in [2.05, 4.69) is 0 Å². The molecule has 5 nitrogen and oxygen atoms in total. The summed E-state index contributed by atoms with van der Waals surface area (Å²) < 4.78 is 27.9. The number of benzene rings is 2. The predicted molar refractivity (Wildman–Crippen MR) is 104 cm³/mol. The minimum absolute atomic E-state index is 0.0170. The van der Waals surface area contributed by atoms with Crippen molar-refractivity contribution in [2.24, 2.45) is 0 Å². The largest absolute Gasteiger partial charge is 0.481 e. The van der Waals surface area contributed by atoms with Gasteiger partial charge in [-0.15, -0.1) is 0 Å². The summed E-state index contributed by atoms with van der Waals surface area (Å²) >= 11 is 12.1. The lowest BCUT2D eigenvalue weighted by molar-refractivity contribution is -0.137. The number of hydrogen-bond acceptors (Lipinski definition) is 3. The number of para-hydroxylation sites is 1. The van der Waals surface area contributed by atoms with Crippen molar-refractivity contribution in [3.63, 3.8) is 0 Å². The smallest absolute Gasteiger partial charge is 0.303 e. The van der Waals surface area contributed by atoms with Crippen molar-refractivity contribution < 1.29 is 18.3 Å². The lowest BCUT2D eigenvalue weighted by atomic mass is 10.1. The Hall–Kier alpha value is -1.76. The Kier molecular flexibility index (Phi) is 6.55. The number of sulfonamides is 1. The van der Waals surface area contributed by atoms with Crippen LogP contribution in [0.2, 0.25) is 10.0 Å². The van der Waals surface area contributed by atoms with Gasteiger partial charge in [0.05, 0.1) is 10.7 Å². The van der Waals surface area contributed by atoms with Crippen molar-refractivity contribution in [1.82, 2.24) is 0 Å². The molecule has 0 saturated heterocycles. The van der Waals surface area contributed by atoms with E-state index in [1.807, 2.05) is 32.0 Å². The van der Waals surface area contributed by atoms with E-state index in [-0.39, 0.29) is 34.3 Å². The number of hydrogen-bond donors (Lipinski definition) is 1.